The van der Waals surface area contributed by atoms with Gasteiger partial charge in [-0.05, 0) is 41.7 Å². The average molecular weight is 269 g/mol. The minimum Gasteiger partial charge on any atom is -0.457 e. The Morgan fingerprint density at radius 2 is 1.75 bits per heavy atom. The van der Waals surface area contributed by atoms with Crippen molar-refractivity contribution in [3.05, 3.63) is 59.2 Å². The van der Waals surface area contributed by atoms with Crippen LogP contribution in [0.5, 0.6) is 11.5 Å². The van der Waals surface area contributed by atoms with Crippen LogP contribution in [0.2, 0.25) is 0 Å². The molecule has 0 saturated heterocycles. The summed E-state index contributed by atoms with van der Waals surface area (Å²) in [7, 11) is 0. The summed E-state index contributed by atoms with van der Waals surface area (Å²) in [4.78, 5) is 0. The molecule has 2 heteroatoms. The number of benzene rings is 2. The summed E-state index contributed by atoms with van der Waals surface area (Å²) in [5, 5.41) is 0. The van der Waals surface area contributed by atoms with Crippen LogP contribution in [0.25, 0.3) is 0 Å². The summed E-state index contributed by atoms with van der Waals surface area (Å²) in [6.07, 6.45) is 0. The Morgan fingerprint density at radius 3 is 2.35 bits per heavy atom. The van der Waals surface area contributed by atoms with Gasteiger partial charge in [0.1, 0.15) is 11.5 Å². The highest BCUT2D eigenvalue weighted by atomic mass is 16.5. The van der Waals surface area contributed by atoms with E-state index < -0.39 is 0 Å². The van der Waals surface area contributed by atoms with E-state index in [0.717, 1.165) is 17.1 Å². The molecule has 0 amide bonds. The van der Waals surface area contributed by atoms with Crippen molar-refractivity contribution < 1.29 is 4.74 Å². The molecule has 0 saturated carbocycles. The number of para-hydroxylation sites is 1. The van der Waals surface area contributed by atoms with E-state index in [9.17, 15) is 0 Å². The van der Waals surface area contributed by atoms with Crippen LogP contribution in [0, 0.1) is 6.92 Å². The van der Waals surface area contributed by atoms with Crippen LogP contribution in [-0.4, -0.2) is 0 Å². The fraction of sp³-hybridized carbons (Fsp3) is 0.333. The first-order valence-electron chi connectivity index (χ1n) is 6.99. The maximum absolute atomic E-state index is 6.08. The van der Waals surface area contributed by atoms with E-state index >= 15 is 0 Å². The third kappa shape index (κ3) is 3.20. The van der Waals surface area contributed by atoms with Crippen molar-refractivity contribution in [1.29, 1.82) is 0 Å². The molecule has 2 nitrogen and oxygen atoms in total. The molecule has 0 radical (unpaired) electrons. The lowest BCUT2D eigenvalue weighted by Gasteiger charge is -2.22. The predicted molar refractivity (Wildman–Crippen MR) is 84.3 cm³/mol. The van der Waals surface area contributed by atoms with Crippen molar-refractivity contribution in [1.82, 2.24) is 0 Å². The molecule has 0 atom stereocenters. The van der Waals surface area contributed by atoms with Gasteiger partial charge in [0.05, 0.1) is 0 Å². The van der Waals surface area contributed by atoms with E-state index in [0.29, 0.717) is 6.54 Å². The van der Waals surface area contributed by atoms with Crippen LogP contribution in [0.15, 0.2) is 42.5 Å². The molecule has 2 rings (SSSR count). The van der Waals surface area contributed by atoms with Crippen molar-refractivity contribution in [3.8, 4) is 11.5 Å². The van der Waals surface area contributed by atoms with Crippen molar-refractivity contribution in [2.45, 2.75) is 39.7 Å². The lowest BCUT2D eigenvalue weighted by atomic mass is 9.86. The van der Waals surface area contributed by atoms with Crippen LogP contribution in [0.1, 0.15) is 37.5 Å². The number of nitrogens with two attached hydrogens (primary N) is 1. The molecule has 2 aromatic rings. The highest BCUT2D eigenvalue weighted by Crippen LogP contribution is 2.34. The zero-order chi connectivity index (χ0) is 14.8. The third-order valence-corrected chi connectivity index (χ3v) is 3.46. The molecule has 2 N–H and O–H groups in total. The first-order chi connectivity index (χ1) is 9.41. The van der Waals surface area contributed by atoms with Crippen molar-refractivity contribution in [2.75, 3.05) is 0 Å². The zero-order valence-corrected chi connectivity index (χ0v) is 12.7. The molecular formula is C18H23NO. The number of aryl methyl sites for hydroxylation is 1. The highest BCUT2D eigenvalue weighted by Gasteiger charge is 2.18. The summed E-state index contributed by atoms with van der Waals surface area (Å²) in [6, 6.07) is 14.3. The monoisotopic (exact) mass is 269 g/mol. The number of hydrogen-bond acceptors (Lipinski definition) is 2. The standard InChI is InChI=1S/C18H23NO/c1-13-11-15(10-9-14(13)12-19)20-17-8-6-5-7-16(17)18(2,3)4/h5-11H,12,19H2,1-4H3. The van der Waals surface area contributed by atoms with Gasteiger partial charge in [-0.25, -0.2) is 0 Å². The molecule has 0 aromatic heterocycles. The summed E-state index contributed by atoms with van der Waals surface area (Å²) >= 11 is 0. The Bertz CT molecular complexity index is 597. The normalized spacial score (nSPS) is 11.4. The van der Waals surface area contributed by atoms with Gasteiger partial charge in [0.15, 0.2) is 0 Å². The molecule has 106 valence electrons. The number of rotatable bonds is 3. The molecule has 0 spiro atoms. The van der Waals surface area contributed by atoms with Gasteiger partial charge >= 0.3 is 0 Å². The van der Waals surface area contributed by atoms with Gasteiger partial charge in [0, 0.05) is 12.1 Å². The van der Waals surface area contributed by atoms with Gasteiger partial charge in [-0.15, -0.1) is 0 Å². The fourth-order valence-corrected chi connectivity index (χ4v) is 2.26. The van der Waals surface area contributed by atoms with Gasteiger partial charge in [0.25, 0.3) is 0 Å². The lowest BCUT2D eigenvalue weighted by molar-refractivity contribution is 0.455. The molecule has 20 heavy (non-hydrogen) atoms. The van der Waals surface area contributed by atoms with Crippen molar-refractivity contribution >= 4 is 0 Å². The number of ether oxygens (including phenoxy) is 1. The summed E-state index contributed by atoms with van der Waals surface area (Å²) < 4.78 is 6.08. The van der Waals surface area contributed by atoms with Crippen LogP contribution in [0.3, 0.4) is 0 Å². The molecular weight excluding hydrogens is 246 g/mol. The summed E-state index contributed by atoms with van der Waals surface area (Å²) in [6.45, 7) is 9.20. The largest absolute Gasteiger partial charge is 0.457 e. The molecule has 0 aliphatic rings. The van der Waals surface area contributed by atoms with E-state index in [1.165, 1.54) is 11.1 Å². The van der Waals surface area contributed by atoms with E-state index in [4.69, 9.17) is 10.5 Å². The maximum Gasteiger partial charge on any atom is 0.131 e. The Hall–Kier alpha value is -1.80. The van der Waals surface area contributed by atoms with E-state index in [2.05, 4.69) is 39.8 Å². The summed E-state index contributed by atoms with van der Waals surface area (Å²) in [5.74, 6) is 1.77. The second kappa shape index (κ2) is 5.68. The van der Waals surface area contributed by atoms with Crippen LogP contribution < -0.4 is 10.5 Å². The predicted octanol–water partition coefficient (Wildman–Crippen LogP) is 4.54. The number of hydrogen-bond donors (Lipinski definition) is 1. The minimum absolute atomic E-state index is 0.0584. The second-order valence-electron chi connectivity index (χ2n) is 6.14. The van der Waals surface area contributed by atoms with Gasteiger partial charge in [0.2, 0.25) is 0 Å². The van der Waals surface area contributed by atoms with Gasteiger partial charge < -0.3 is 10.5 Å². The van der Waals surface area contributed by atoms with Gasteiger partial charge in [-0.2, -0.15) is 0 Å². The average Bonchev–Trinajstić information content (AvgIpc) is 2.38. The highest BCUT2D eigenvalue weighted by molar-refractivity contribution is 5.43. The molecule has 0 aliphatic heterocycles. The van der Waals surface area contributed by atoms with Crippen LogP contribution >= 0.6 is 0 Å². The van der Waals surface area contributed by atoms with E-state index in [1.807, 2.05) is 30.3 Å². The first kappa shape index (κ1) is 14.6. The Labute approximate surface area is 121 Å². The summed E-state index contributed by atoms with van der Waals surface area (Å²) in [5.41, 5.74) is 9.28. The second-order valence-corrected chi connectivity index (χ2v) is 6.14. The SMILES string of the molecule is Cc1cc(Oc2ccccc2C(C)(C)C)ccc1CN. The molecule has 0 aliphatic carbocycles. The smallest absolute Gasteiger partial charge is 0.131 e. The Kier molecular flexibility index (Phi) is 4.15. The molecule has 0 unspecified atom stereocenters. The van der Waals surface area contributed by atoms with E-state index in [1.54, 1.807) is 0 Å². The van der Waals surface area contributed by atoms with Crippen LogP contribution in [0.4, 0.5) is 0 Å². The van der Waals surface area contributed by atoms with Gasteiger partial charge in [-0.3, -0.25) is 0 Å². The fourth-order valence-electron chi connectivity index (χ4n) is 2.26. The minimum atomic E-state index is 0.0584. The first-order valence-corrected chi connectivity index (χ1v) is 6.99. The molecule has 0 heterocycles. The zero-order valence-electron chi connectivity index (χ0n) is 12.7. The third-order valence-electron chi connectivity index (χ3n) is 3.46. The quantitative estimate of drug-likeness (QED) is 0.887. The molecule has 2 aromatic carbocycles. The Balaban J connectivity index is 2.33. The maximum atomic E-state index is 6.08. The van der Waals surface area contributed by atoms with Crippen molar-refractivity contribution in [3.63, 3.8) is 0 Å². The van der Waals surface area contributed by atoms with Gasteiger partial charge in [-0.1, -0.05) is 45.0 Å². The Morgan fingerprint density at radius 1 is 1.05 bits per heavy atom. The van der Waals surface area contributed by atoms with Crippen LogP contribution in [-0.2, 0) is 12.0 Å². The van der Waals surface area contributed by atoms with Crippen molar-refractivity contribution in [2.24, 2.45) is 5.73 Å². The van der Waals surface area contributed by atoms with E-state index in [-0.39, 0.29) is 5.41 Å². The molecule has 0 fully saturated rings. The molecule has 0 bridgehead atoms. The topological polar surface area (TPSA) is 35.2 Å². The lowest BCUT2D eigenvalue weighted by Crippen LogP contribution is -2.12.